The molecule has 4 rings (SSSR count). The standard InChI is InChI=1S/C26H27Cl2F3N4O6S/c1-3-42(40,41)20-5-4-16(27)8-15(20)12-35-23(36)17-9-19(26(29,30)31)18(21(28)22(17)32-24(35)37)13-34-7-6-14(11-34)10-33(2)25(38)39/h4-5,8-9,14H,3,6-7,10-13H2,1-2H3,(H,32,37)(H,38,39)/t14-/m0/s1. The fourth-order valence-electron chi connectivity index (χ4n) is 5.14. The SMILES string of the molecule is CCS(=O)(=O)c1ccc(Cl)cc1Cn1c(=O)[nH]c2c(Cl)c(CN3CC[C@@H](CN(C)C(=O)O)C3)c(C(F)(F)F)cc2c1=O. The Kier molecular flexibility index (Phi) is 9.03. The van der Waals surface area contributed by atoms with Gasteiger partial charge in [-0.2, -0.15) is 13.2 Å². The van der Waals surface area contributed by atoms with Crippen molar-refractivity contribution in [1.82, 2.24) is 19.4 Å². The van der Waals surface area contributed by atoms with E-state index in [0.29, 0.717) is 30.1 Å². The number of sulfone groups is 1. The lowest BCUT2D eigenvalue weighted by molar-refractivity contribution is -0.138. The molecule has 0 aliphatic carbocycles. The Morgan fingerprint density at radius 3 is 2.50 bits per heavy atom. The summed E-state index contributed by atoms with van der Waals surface area (Å²) in [6.45, 7) is 1.53. The van der Waals surface area contributed by atoms with Gasteiger partial charge in [0, 0.05) is 31.7 Å². The zero-order valence-corrected chi connectivity index (χ0v) is 24.8. The Morgan fingerprint density at radius 2 is 1.88 bits per heavy atom. The maximum atomic E-state index is 14.3. The van der Waals surface area contributed by atoms with Crippen LogP contribution in [0.3, 0.4) is 0 Å². The number of carbonyl (C=O) groups is 1. The van der Waals surface area contributed by atoms with Gasteiger partial charge in [0.25, 0.3) is 5.56 Å². The second kappa shape index (κ2) is 11.9. The summed E-state index contributed by atoms with van der Waals surface area (Å²) in [5.74, 6) is -0.369. The quantitative estimate of drug-likeness (QED) is 0.372. The number of hydrogen-bond acceptors (Lipinski definition) is 6. The summed E-state index contributed by atoms with van der Waals surface area (Å²) >= 11 is 12.5. The summed E-state index contributed by atoms with van der Waals surface area (Å²) in [6, 6.07) is 4.49. The third kappa shape index (κ3) is 6.46. The molecule has 2 heterocycles. The molecule has 0 spiro atoms. The second-order valence-electron chi connectivity index (χ2n) is 10.2. The van der Waals surface area contributed by atoms with Gasteiger partial charge < -0.3 is 15.0 Å². The Morgan fingerprint density at radius 1 is 1.19 bits per heavy atom. The number of nitrogens with one attached hydrogen (secondary N) is 1. The van der Waals surface area contributed by atoms with Gasteiger partial charge >= 0.3 is 18.0 Å². The Hall–Kier alpha value is -3.07. The largest absolute Gasteiger partial charge is 0.465 e. The molecule has 2 N–H and O–H groups in total. The van der Waals surface area contributed by atoms with E-state index >= 15 is 0 Å². The fourth-order valence-corrected chi connectivity index (χ4v) is 6.75. The first-order valence-corrected chi connectivity index (χ1v) is 15.2. The highest BCUT2D eigenvalue weighted by molar-refractivity contribution is 7.91. The van der Waals surface area contributed by atoms with Crippen molar-refractivity contribution in [3.63, 3.8) is 0 Å². The van der Waals surface area contributed by atoms with E-state index in [4.69, 9.17) is 28.3 Å². The van der Waals surface area contributed by atoms with E-state index in [1.807, 2.05) is 0 Å². The number of benzene rings is 2. The molecule has 3 aromatic rings. The highest BCUT2D eigenvalue weighted by Gasteiger charge is 2.37. The first-order chi connectivity index (χ1) is 19.5. The number of alkyl halides is 3. The number of rotatable bonds is 8. The van der Waals surface area contributed by atoms with Gasteiger partial charge in [-0.15, -0.1) is 0 Å². The second-order valence-corrected chi connectivity index (χ2v) is 13.2. The molecule has 1 aliphatic heterocycles. The molecule has 1 saturated heterocycles. The minimum atomic E-state index is -4.90. The van der Waals surface area contributed by atoms with Crippen LogP contribution >= 0.6 is 23.2 Å². The number of nitrogens with zero attached hydrogens (tertiary/aromatic N) is 3. The van der Waals surface area contributed by atoms with Gasteiger partial charge in [-0.1, -0.05) is 30.1 Å². The number of likely N-dealkylation sites (tertiary alicyclic amines) is 1. The average molecular weight is 651 g/mol. The monoisotopic (exact) mass is 650 g/mol. The summed E-state index contributed by atoms with van der Waals surface area (Å²) in [7, 11) is -2.38. The molecule has 228 valence electrons. The summed E-state index contributed by atoms with van der Waals surface area (Å²) in [5, 5.41) is 8.30. The summed E-state index contributed by atoms with van der Waals surface area (Å²) in [5.41, 5.74) is -3.84. The summed E-state index contributed by atoms with van der Waals surface area (Å²) < 4.78 is 68.6. The normalized spacial score (nSPS) is 16.3. The molecule has 1 fully saturated rings. The molecule has 0 bridgehead atoms. The average Bonchev–Trinajstić information content (AvgIpc) is 3.34. The lowest BCUT2D eigenvalue weighted by atomic mass is 10.0. The van der Waals surface area contributed by atoms with E-state index in [9.17, 15) is 36.0 Å². The molecule has 1 aliphatic rings. The molecular weight excluding hydrogens is 624 g/mol. The van der Waals surface area contributed by atoms with E-state index in [1.54, 1.807) is 4.90 Å². The lowest BCUT2D eigenvalue weighted by Crippen LogP contribution is -2.36. The molecule has 42 heavy (non-hydrogen) atoms. The van der Waals surface area contributed by atoms with Crippen LogP contribution in [0.15, 0.2) is 38.8 Å². The van der Waals surface area contributed by atoms with Crippen LogP contribution in [0.1, 0.15) is 30.0 Å². The predicted octanol–water partition coefficient (Wildman–Crippen LogP) is 4.29. The molecule has 1 aromatic heterocycles. The van der Waals surface area contributed by atoms with Gasteiger partial charge in [0.2, 0.25) is 0 Å². The number of carboxylic acid groups (broad SMARTS) is 1. The first kappa shape index (κ1) is 31.9. The van der Waals surface area contributed by atoms with Crippen molar-refractivity contribution in [3.05, 3.63) is 71.8 Å². The molecule has 0 radical (unpaired) electrons. The van der Waals surface area contributed by atoms with Crippen LogP contribution in [0.5, 0.6) is 0 Å². The van der Waals surface area contributed by atoms with Gasteiger partial charge in [0.15, 0.2) is 9.84 Å². The number of aromatic amines is 1. The van der Waals surface area contributed by atoms with Crippen LogP contribution in [0, 0.1) is 5.92 Å². The van der Waals surface area contributed by atoms with Gasteiger partial charge in [-0.3, -0.25) is 14.3 Å². The summed E-state index contributed by atoms with van der Waals surface area (Å²) in [4.78, 5) is 42.7. The van der Waals surface area contributed by atoms with Gasteiger partial charge in [-0.25, -0.2) is 18.0 Å². The Bertz CT molecular complexity index is 1770. The topological polar surface area (TPSA) is 133 Å². The predicted molar refractivity (Wildman–Crippen MR) is 151 cm³/mol. The van der Waals surface area contributed by atoms with Crippen molar-refractivity contribution in [2.75, 3.05) is 32.4 Å². The third-order valence-electron chi connectivity index (χ3n) is 7.30. The number of amides is 1. The zero-order chi connectivity index (χ0) is 31.1. The van der Waals surface area contributed by atoms with Gasteiger partial charge in [-0.05, 0) is 54.3 Å². The fraction of sp³-hybridized carbons (Fsp3) is 0.423. The number of hydrogen-bond donors (Lipinski definition) is 2. The molecular formula is C26H27Cl2F3N4O6S. The van der Waals surface area contributed by atoms with Crippen LogP contribution in [0.25, 0.3) is 10.9 Å². The molecule has 0 saturated carbocycles. The van der Waals surface area contributed by atoms with Crippen molar-refractivity contribution in [2.45, 2.75) is 37.5 Å². The van der Waals surface area contributed by atoms with E-state index in [2.05, 4.69) is 4.98 Å². The molecule has 1 amide bonds. The van der Waals surface area contributed by atoms with Crippen molar-refractivity contribution < 1.29 is 31.5 Å². The van der Waals surface area contributed by atoms with E-state index in [-0.39, 0.29) is 51.3 Å². The van der Waals surface area contributed by atoms with Gasteiger partial charge in [0.1, 0.15) is 0 Å². The smallest absolute Gasteiger partial charge is 0.416 e. The Labute approximate surface area is 248 Å². The van der Waals surface area contributed by atoms with Gasteiger partial charge in [0.05, 0.1) is 38.7 Å². The number of halogens is 5. The third-order valence-corrected chi connectivity index (χ3v) is 9.78. The van der Waals surface area contributed by atoms with Crippen molar-refractivity contribution >= 4 is 50.0 Å². The van der Waals surface area contributed by atoms with Crippen LogP contribution in [-0.4, -0.2) is 71.4 Å². The molecule has 10 nitrogen and oxygen atoms in total. The Balaban J connectivity index is 1.79. The van der Waals surface area contributed by atoms with E-state index in [1.165, 1.54) is 32.2 Å². The maximum Gasteiger partial charge on any atom is 0.416 e. The lowest BCUT2D eigenvalue weighted by Gasteiger charge is -2.22. The summed E-state index contributed by atoms with van der Waals surface area (Å²) in [6.07, 6.45) is -5.46. The van der Waals surface area contributed by atoms with Crippen LogP contribution in [-0.2, 0) is 29.1 Å². The molecule has 1 atom stereocenters. The minimum Gasteiger partial charge on any atom is -0.465 e. The maximum absolute atomic E-state index is 14.3. The van der Waals surface area contributed by atoms with E-state index < -0.39 is 55.9 Å². The highest BCUT2D eigenvalue weighted by atomic mass is 35.5. The molecule has 16 heteroatoms. The zero-order valence-electron chi connectivity index (χ0n) is 22.5. The van der Waals surface area contributed by atoms with Crippen molar-refractivity contribution in [3.8, 4) is 0 Å². The first-order valence-electron chi connectivity index (χ1n) is 12.8. The molecule has 0 unspecified atom stereocenters. The highest BCUT2D eigenvalue weighted by Crippen LogP contribution is 2.39. The number of fused-ring (bicyclic) bond motifs is 1. The number of H-pyrrole nitrogens is 1. The van der Waals surface area contributed by atoms with Crippen LogP contribution < -0.4 is 11.2 Å². The van der Waals surface area contributed by atoms with Crippen LogP contribution in [0.2, 0.25) is 10.0 Å². The number of aromatic nitrogens is 2. The van der Waals surface area contributed by atoms with Crippen LogP contribution in [0.4, 0.5) is 18.0 Å². The minimum absolute atomic E-state index is 0.0205. The molecule has 2 aromatic carbocycles. The van der Waals surface area contributed by atoms with E-state index in [0.717, 1.165) is 4.90 Å². The van der Waals surface area contributed by atoms with Crippen molar-refractivity contribution in [2.24, 2.45) is 5.92 Å². The van der Waals surface area contributed by atoms with Crippen molar-refractivity contribution in [1.29, 1.82) is 0 Å².